The van der Waals surface area contributed by atoms with E-state index in [1.54, 1.807) is 30.6 Å². The van der Waals surface area contributed by atoms with Crippen molar-refractivity contribution >= 4 is 55.5 Å². The number of allylic oxidation sites excluding steroid dienone is 1. The quantitative estimate of drug-likeness (QED) is 0.112. The average molecular weight is 866 g/mol. The molecule has 3 aromatic carbocycles. The van der Waals surface area contributed by atoms with Crippen LogP contribution in [-0.2, 0) is 14.8 Å². The fourth-order valence-corrected chi connectivity index (χ4v) is 10.4. The van der Waals surface area contributed by atoms with Crippen LogP contribution in [0, 0.1) is 18.3 Å². The largest absolute Gasteiger partial charge is 0.455 e. The highest BCUT2D eigenvalue weighted by molar-refractivity contribution is 7.90. The van der Waals surface area contributed by atoms with Gasteiger partial charge in [-0.1, -0.05) is 43.2 Å². The lowest BCUT2D eigenvalue weighted by molar-refractivity contribution is -0.0495. The van der Waals surface area contributed by atoms with Gasteiger partial charge in [-0.2, -0.15) is 0 Å². The van der Waals surface area contributed by atoms with E-state index in [2.05, 4.69) is 69.6 Å². The standard InChI is InChI=1S/C48H57ClN6O5S/c1-31-22-41(11-13-44(31)51-28-34-23-32(2)59-33(3)24-34)61(57,58)53-47(56)42-12-10-39(26-45(42)60-40-25-36-15-17-50-46(36)52-29-40)55-20-18-54(19-21-55)30-37-14-16-48(4,5)27-43(37)35-6-8-38(49)9-7-35/h6-13,15,17,22,25-26,29,32-34,51H,14,16,18-21,23-24,27-28,30H2,1-5H3,(H,50,52)(H,53,56)/t32-,33+,34?. The number of rotatable bonds is 12. The summed E-state index contributed by atoms with van der Waals surface area (Å²) in [5.74, 6) is 0.334. The molecule has 4 heterocycles. The van der Waals surface area contributed by atoms with Crippen molar-refractivity contribution in [2.24, 2.45) is 11.3 Å². The van der Waals surface area contributed by atoms with E-state index in [0.717, 1.165) is 98.7 Å². The van der Waals surface area contributed by atoms with Crippen molar-refractivity contribution in [1.29, 1.82) is 0 Å². The predicted molar refractivity (Wildman–Crippen MR) is 244 cm³/mol. The number of ether oxygens (including phenoxy) is 2. The molecule has 0 saturated carbocycles. The Morgan fingerprint density at radius 2 is 1.74 bits per heavy atom. The third-order valence-electron chi connectivity index (χ3n) is 12.5. The van der Waals surface area contributed by atoms with Gasteiger partial charge in [0.15, 0.2) is 0 Å². The summed E-state index contributed by atoms with van der Waals surface area (Å²) in [4.78, 5) is 26.3. The van der Waals surface area contributed by atoms with Gasteiger partial charge >= 0.3 is 0 Å². The summed E-state index contributed by atoms with van der Waals surface area (Å²) >= 11 is 6.25. The van der Waals surface area contributed by atoms with E-state index in [4.69, 9.17) is 21.1 Å². The molecule has 322 valence electrons. The molecule has 2 aliphatic heterocycles. The van der Waals surface area contributed by atoms with Crippen LogP contribution in [0.5, 0.6) is 11.5 Å². The highest BCUT2D eigenvalue weighted by atomic mass is 35.5. The zero-order valence-corrected chi connectivity index (χ0v) is 37.3. The lowest BCUT2D eigenvalue weighted by Crippen LogP contribution is -2.47. The van der Waals surface area contributed by atoms with Crippen LogP contribution in [0.4, 0.5) is 11.4 Å². The second-order valence-electron chi connectivity index (χ2n) is 17.9. The van der Waals surface area contributed by atoms with Crippen LogP contribution in [0.25, 0.3) is 16.6 Å². The Morgan fingerprint density at radius 1 is 0.984 bits per heavy atom. The SMILES string of the molecule is Cc1cc(S(=O)(=O)NC(=O)c2ccc(N3CCN(CC4=C(c5ccc(Cl)cc5)CC(C)(C)CC4)CC3)cc2Oc2cnc3[nH]ccc3c2)ccc1NCC1C[C@@H](C)O[C@@H](C)C1. The second-order valence-corrected chi connectivity index (χ2v) is 20.1. The molecule has 11 nitrogen and oxygen atoms in total. The summed E-state index contributed by atoms with van der Waals surface area (Å²) in [7, 11) is -4.23. The second kappa shape index (κ2) is 17.8. The molecule has 5 aromatic rings. The summed E-state index contributed by atoms with van der Waals surface area (Å²) in [6.07, 6.45) is 9.03. The van der Waals surface area contributed by atoms with Crippen molar-refractivity contribution < 1.29 is 22.7 Å². The van der Waals surface area contributed by atoms with E-state index < -0.39 is 15.9 Å². The number of hydrogen-bond acceptors (Lipinski definition) is 9. The van der Waals surface area contributed by atoms with Crippen LogP contribution in [0.3, 0.4) is 0 Å². The summed E-state index contributed by atoms with van der Waals surface area (Å²) in [5.41, 5.74) is 7.76. The number of piperazine rings is 1. The van der Waals surface area contributed by atoms with Crippen molar-refractivity contribution in [3.8, 4) is 11.5 Å². The van der Waals surface area contributed by atoms with Gasteiger partial charge in [0.2, 0.25) is 0 Å². The highest BCUT2D eigenvalue weighted by Crippen LogP contribution is 2.43. The number of nitrogens with zero attached hydrogens (tertiary/aromatic N) is 3. The number of fused-ring (bicyclic) bond motifs is 1. The number of benzene rings is 3. The molecule has 0 radical (unpaired) electrons. The number of anilines is 2. The van der Waals surface area contributed by atoms with Crippen LogP contribution < -0.4 is 19.7 Å². The molecule has 1 aliphatic carbocycles. The van der Waals surface area contributed by atoms with Crippen LogP contribution in [0.15, 0.2) is 95.7 Å². The predicted octanol–water partition coefficient (Wildman–Crippen LogP) is 9.84. The average Bonchev–Trinajstić information content (AvgIpc) is 3.69. The molecule has 0 bridgehead atoms. The molecule has 8 rings (SSSR count). The van der Waals surface area contributed by atoms with E-state index >= 15 is 0 Å². The Morgan fingerprint density at radius 3 is 2.48 bits per heavy atom. The van der Waals surface area contributed by atoms with E-state index in [1.807, 2.05) is 43.3 Å². The normalized spacial score (nSPS) is 21.1. The van der Waals surface area contributed by atoms with Gasteiger partial charge < -0.3 is 24.7 Å². The Hall–Kier alpha value is -4.88. The van der Waals surface area contributed by atoms with E-state index in [1.165, 1.54) is 22.8 Å². The van der Waals surface area contributed by atoms with Gasteiger partial charge in [-0.15, -0.1) is 0 Å². The van der Waals surface area contributed by atoms with Crippen LogP contribution in [-0.4, -0.2) is 80.7 Å². The Kier molecular flexibility index (Phi) is 12.5. The maximum absolute atomic E-state index is 14.0. The van der Waals surface area contributed by atoms with E-state index in [9.17, 15) is 13.2 Å². The first-order valence-corrected chi connectivity index (χ1v) is 23.3. The van der Waals surface area contributed by atoms with Crippen molar-refractivity contribution in [2.45, 2.75) is 83.8 Å². The number of aromatic amines is 1. The van der Waals surface area contributed by atoms with Gasteiger partial charge in [-0.3, -0.25) is 9.69 Å². The van der Waals surface area contributed by atoms with Gasteiger partial charge in [0.1, 0.15) is 17.1 Å². The summed E-state index contributed by atoms with van der Waals surface area (Å²) in [5, 5.41) is 5.10. The van der Waals surface area contributed by atoms with Crippen molar-refractivity contribution in [1.82, 2.24) is 19.6 Å². The van der Waals surface area contributed by atoms with Gasteiger partial charge in [0.05, 0.1) is 28.9 Å². The fourth-order valence-electron chi connectivity index (χ4n) is 9.18. The molecule has 2 fully saturated rings. The Balaban J connectivity index is 0.979. The topological polar surface area (TPSA) is 129 Å². The number of carbonyl (C=O) groups excluding carboxylic acids is 1. The smallest absolute Gasteiger partial charge is 0.268 e. The van der Waals surface area contributed by atoms with Crippen molar-refractivity contribution in [3.05, 3.63) is 112 Å². The number of halogens is 1. The maximum atomic E-state index is 14.0. The molecular weight excluding hydrogens is 808 g/mol. The molecule has 1 unspecified atom stereocenters. The number of H-pyrrole nitrogens is 1. The first kappa shape index (κ1) is 42.8. The molecular formula is C48H57ClN6O5S. The van der Waals surface area contributed by atoms with Crippen molar-refractivity contribution in [3.63, 3.8) is 0 Å². The molecule has 3 aliphatic rings. The highest BCUT2D eigenvalue weighted by Gasteiger charge is 2.30. The molecule has 3 N–H and O–H groups in total. The fraction of sp³-hybridized carbons (Fsp3) is 0.417. The number of hydrogen-bond donors (Lipinski definition) is 3. The van der Waals surface area contributed by atoms with Gasteiger partial charge in [-0.05, 0) is 136 Å². The number of amides is 1. The summed E-state index contributed by atoms with van der Waals surface area (Å²) in [6, 6.07) is 22.2. The number of pyridine rings is 1. The number of carbonyl (C=O) groups is 1. The summed E-state index contributed by atoms with van der Waals surface area (Å²) < 4.78 is 42.1. The third kappa shape index (κ3) is 10.3. The lowest BCUT2D eigenvalue weighted by Gasteiger charge is -2.39. The van der Waals surface area contributed by atoms with Gasteiger partial charge in [0.25, 0.3) is 15.9 Å². The molecule has 0 spiro atoms. The number of aromatic nitrogens is 2. The third-order valence-corrected chi connectivity index (χ3v) is 14.0. The minimum atomic E-state index is -4.23. The van der Waals surface area contributed by atoms with Crippen molar-refractivity contribution in [2.75, 3.05) is 49.5 Å². The zero-order chi connectivity index (χ0) is 42.9. The van der Waals surface area contributed by atoms with E-state index in [-0.39, 0.29) is 33.8 Å². The molecule has 2 aromatic heterocycles. The zero-order valence-electron chi connectivity index (χ0n) is 35.8. The summed E-state index contributed by atoms with van der Waals surface area (Å²) in [6.45, 7) is 15.8. The lowest BCUT2D eigenvalue weighted by atomic mass is 9.72. The Labute approximate surface area is 364 Å². The maximum Gasteiger partial charge on any atom is 0.268 e. The number of aryl methyl sites for hydroxylation is 1. The molecule has 61 heavy (non-hydrogen) atoms. The van der Waals surface area contributed by atoms with Crippen LogP contribution in [0.2, 0.25) is 5.02 Å². The first-order valence-electron chi connectivity index (χ1n) is 21.4. The molecule has 3 atom stereocenters. The van der Waals surface area contributed by atoms with Crippen LogP contribution in [0.1, 0.15) is 81.3 Å². The van der Waals surface area contributed by atoms with Gasteiger partial charge in [-0.25, -0.2) is 18.1 Å². The minimum Gasteiger partial charge on any atom is -0.455 e. The number of sulfonamides is 1. The minimum absolute atomic E-state index is 0.00395. The monoisotopic (exact) mass is 864 g/mol. The molecule has 13 heteroatoms. The molecule has 2 saturated heterocycles. The Bertz CT molecular complexity index is 2520. The first-order chi connectivity index (χ1) is 29.2. The number of nitrogens with one attached hydrogen (secondary N) is 3. The van der Waals surface area contributed by atoms with Gasteiger partial charge in [0, 0.05) is 73.3 Å². The van der Waals surface area contributed by atoms with Crippen LogP contribution >= 0.6 is 11.6 Å². The molecule has 1 amide bonds. The van der Waals surface area contributed by atoms with E-state index in [0.29, 0.717) is 17.3 Å².